The molecular weight excluding hydrogens is 210 g/mol. The van der Waals surface area contributed by atoms with Gasteiger partial charge >= 0.3 is 0 Å². The zero-order valence-electron chi connectivity index (χ0n) is 10.4. The van der Waals surface area contributed by atoms with Gasteiger partial charge in [0.15, 0.2) is 0 Å². The normalized spacial score (nSPS) is 22.0. The predicted octanol–water partition coefficient (Wildman–Crippen LogP) is 2.77. The zero-order chi connectivity index (χ0) is 11.5. The third kappa shape index (κ3) is 2.60. The smallest absolute Gasteiger partial charge is 0.0850 e. The van der Waals surface area contributed by atoms with Crippen molar-refractivity contribution in [2.45, 2.75) is 44.6 Å². The maximum absolute atomic E-state index is 4.71. The molecule has 1 N–H and O–H groups in total. The van der Waals surface area contributed by atoms with Gasteiger partial charge in [-0.1, -0.05) is 18.4 Å². The van der Waals surface area contributed by atoms with Crippen molar-refractivity contribution in [1.82, 2.24) is 15.1 Å². The predicted molar refractivity (Wildman–Crippen MR) is 69.8 cm³/mol. The fourth-order valence-corrected chi connectivity index (χ4v) is 2.90. The van der Waals surface area contributed by atoms with E-state index in [-0.39, 0.29) is 0 Å². The Balaban J connectivity index is 1.71. The molecule has 0 radical (unpaired) electrons. The molecule has 3 heteroatoms. The Kier molecular flexibility index (Phi) is 3.27. The van der Waals surface area contributed by atoms with Crippen molar-refractivity contribution in [3.8, 4) is 0 Å². The second-order valence-electron chi connectivity index (χ2n) is 5.21. The number of aromatic nitrogens is 2. The van der Waals surface area contributed by atoms with E-state index in [9.17, 15) is 0 Å². The highest BCUT2D eigenvalue weighted by molar-refractivity contribution is 5.48. The average molecular weight is 231 g/mol. The molecule has 1 aliphatic carbocycles. The first-order chi connectivity index (χ1) is 8.42. The second kappa shape index (κ2) is 5.05. The number of nitrogens with zero attached hydrogens (tertiary/aromatic N) is 2. The topological polar surface area (TPSA) is 29.9 Å². The van der Waals surface area contributed by atoms with Gasteiger partial charge in [0.2, 0.25) is 0 Å². The maximum atomic E-state index is 4.71. The molecule has 0 amide bonds. The minimum Gasteiger partial charge on any atom is -0.316 e. The van der Waals surface area contributed by atoms with Crippen molar-refractivity contribution >= 4 is 6.08 Å². The fraction of sp³-hybridized carbons (Fsp3) is 0.643. The highest BCUT2D eigenvalue weighted by atomic mass is 15.3. The summed E-state index contributed by atoms with van der Waals surface area (Å²) in [7, 11) is 0. The average Bonchev–Trinajstić information content (AvgIpc) is 3.00. The summed E-state index contributed by atoms with van der Waals surface area (Å²) < 4.78 is 2.18. The van der Waals surface area contributed by atoms with Gasteiger partial charge in [-0.15, -0.1) is 0 Å². The quantitative estimate of drug-likeness (QED) is 0.848. The lowest BCUT2D eigenvalue weighted by molar-refractivity contribution is 0.466. The van der Waals surface area contributed by atoms with Gasteiger partial charge in [0, 0.05) is 6.20 Å². The monoisotopic (exact) mass is 231 g/mol. The van der Waals surface area contributed by atoms with Crippen LogP contribution in [0.4, 0.5) is 0 Å². The number of nitrogens with one attached hydrogen (secondary N) is 1. The van der Waals surface area contributed by atoms with E-state index < -0.39 is 0 Å². The van der Waals surface area contributed by atoms with Crippen LogP contribution < -0.4 is 5.32 Å². The minimum absolute atomic E-state index is 0.662. The number of rotatable bonds is 2. The highest BCUT2D eigenvalue weighted by Crippen LogP contribution is 2.29. The summed E-state index contributed by atoms with van der Waals surface area (Å²) >= 11 is 0. The van der Waals surface area contributed by atoms with Gasteiger partial charge in [-0.2, -0.15) is 5.10 Å². The molecule has 0 aromatic carbocycles. The Labute approximate surface area is 103 Å². The van der Waals surface area contributed by atoms with Gasteiger partial charge in [-0.05, 0) is 50.9 Å². The van der Waals surface area contributed by atoms with E-state index in [2.05, 4.69) is 28.3 Å². The highest BCUT2D eigenvalue weighted by Gasteiger charge is 2.17. The summed E-state index contributed by atoms with van der Waals surface area (Å²) in [6.07, 6.45) is 12.1. The molecule has 1 aliphatic heterocycles. The van der Waals surface area contributed by atoms with E-state index in [0.717, 1.165) is 18.8 Å². The molecule has 1 aromatic rings. The van der Waals surface area contributed by atoms with Crippen molar-refractivity contribution in [3.63, 3.8) is 0 Å². The summed E-state index contributed by atoms with van der Waals surface area (Å²) in [6.45, 7) is 2.24. The van der Waals surface area contributed by atoms with Crippen molar-refractivity contribution in [2.75, 3.05) is 13.1 Å². The lowest BCUT2D eigenvalue weighted by Crippen LogP contribution is -2.22. The summed E-state index contributed by atoms with van der Waals surface area (Å²) in [4.78, 5) is 0. The van der Waals surface area contributed by atoms with Crippen LogP contribution in [0.2, 0.25) is 0 Å². The summed E-state index contributed by atoms with van der Waals surface area (Å²) in [5, 5.41) is 8.09. The Morgan fingerprint density at radius 1 is 1.24 bits per heavy atom. The van der Waals surface area contributed by atoms with Gasteiger partial charge < -0.3 is 5.32 Å². The van der Waals surface area contributed by atoms with Crippen LogP contribution in [-0.2, 0) is 0 Å². The fourth-order valence-electron chi connectivity index (χ4n) is 2.90. The standard InChI is InChI=1S/C14H21N3/c1-2-4-14(3-1)17-10-7-13(16-17)11-12-5-8-15-9-6-12/h7,10-11,14-15H,1-6,8-9H2. The molecule has 0 unspecified atom stereocenters. The molecule has 0 bridgehead atoms. The number of piperidine rings is 1. The lowest BCUT2D eigenvalue weighted by atomic mass is 10.0. The van der Waals surface area contributed by atoms with E-state index in [1.54, 1.807) is 5.57 Å². The van der Waals surface area contributed by atoms with E-state index in [1.807, 2.05) is 0 Å². The van der Waals surface area contributed by atoms with Gasteiger partial charge in [0.05, 0.1) is 11.7 Å². The van der Waals surface area contributed by atoms with Crippen LogP contribution in [0.25, 0.3) is 6.08 Å². The summed E-state index contributed by atoms with van der Waals surface area (Å²) in [6, 6.07) is 2.82. The van der Waals surface area contributed by atoms with Crippen molar-refractivity contribution in [3.05, 3.63) is 23.5 Å². The Morgan fingerprint density at radius 3 is 2.76 bits per heavy atom. The Hall–Kier alpha value is -1.09. The van der Waals surface area contributed by atoms with Crippen LogP contribution in [0.5, 0.6) is 0 Å². The first-order valence-corrected chi connectivity index (χ1v) is 6.87. The second-order valence-corrected chi connectivity index (χ2v) is 5.21. The van der Waals surface area contributed by atoms with E-state index in [0.29, 0.717) is 6.04 Å². The van der Waals surface area contributed by atoms with Crippen molar-refractivity contribution in [1.29, 1.82) is 0 Å². The molecule has 0 atom stereocenters. The van der Waals surface area contributed by atoms with Crippen LogP contribution in [-0.4, -0.2) is 22.9 Å². The van der Waals surface area contributed by atoms with Crippen LogP contribution in [0.3, 0.4) is 0 Å². The first kappa shape index (κ1) is 11.0. The third-order valence-corrected chi connectivity index (χ3v) is 3.93. The Morgan fingerprint density at radius 2 is 2.00 bits per heavy atom. The molecule has 2 fully saturated rings. The van der Waals surface area contributed by atoms with Crippen molar-refractivity contribution in [2.24, 2.45) is 0 Å². The lowest BCUT2D eigenvalue weighted by Gasteiger charge is -2.14. The molecule has 3 rings (SSSR count). The van der Waals surface area contributed by atoms with E-state index >= 15 is 0 Å². The van der Waals surface area contributed by atoms with E-state index in [1.165, 1.54) is 38.5 Å². The molecule has 1 aromatic heterocycles. The molecule has 3 nitrogen and oxygen atoms in total. The third-order valence-electron chi connectivity index (χ3n) is 3.93. The molecule has 1 saturated carbocycles. The first-order valence-electron chi connectivity index (χ1n) is 6.87. The largest absolute Gasteiger partial charge is 0.316 e. The minimum atomic E-state index is 0.662. The summed E-state index contributed by atoms with van der Waals surface area (Å²) in [5.41, 5.74) is 2.69. The van der Waals surface area contributed by atoms with Gasteiger partial charge in [0.25, 0.3) is 0 Å². The van der Waals surface area contributed by atoms with Crippen LogP contribution in [0.1, 0.15) is 50.3 Å². The van der Waals surface area contributed by atoms with Crippen LogP contribution in [0, 0.1) is 0 Å². The van der Waals surface area contributed by atoms with Crippen LogP contribution in [0.15, 0.2) is 17.8 Å². The SMILES string of the molecule is C(=C1CCNCC1)c1ccn(C2CCCC2)n1. The Bertz CT molecular complexity index is 391. The van der Waals surface area contributed by atoms with E-state index in [4.69, 9.17) is 5.10 Å². The van der Waals surface area contributed by atoms with Gasteiger partial charge in [-0.25, -0.2) is 0 Å². The van der Waals surface area contributed by atoms with Crippen LogP contribution >= 0.6 is 0 Å². The number of hydrogen-bond donors (Lipinski definition) is 1. The molecule has 2 aliphatic rings. The zero-order valence-corrected chi connectivity index (χ0v) is 10.4. The summed E-state index contributed by atoms with van der Waals surface area (Å²) in [5.74, 6) is 0. The molecule has 2 heterocycles. The molecule has 92 valence electrons. The van der Waals surface area contributed by atoms with Gasteiger partial charge in [-0.3, -0.25) is 4.68 Å². The van der Waals surface area contributed by atoms with Crippen molar-refractivity contribution < 1.29 is 0 Å². The van der Waals surface area contributed by atoms with Gasteiger partial charge in [0.1, 0.15) is 0 Å². The number of hydrogen-bond acceptors (Lipinski definition) is 2. The molecule has 0 spiro atoms. The molecule has 1 saturated heterocycles. The molecular formula is C14H21N3. The maximum Gasteiger partial charge on any atom is 0.0850 e. The molecule has 17 heavy (non-hydrogen) atoms.